The van der Waals surface area contributed by atoms with Gasteiger partial charge < -0.3 is 19.8 Å². The Kier molecular flexibility index (Phi) is 5.39. The third kappa shape index (κ3) is 3.70. The molecule has 3 rings (SSSR count). The monoisotopic (exact) mass is 347 g/mol. The van der Waals surface area contributed by atoms with Crippen molar-refractivity contribution in [2.75, 3.05) is 26.3 Å². The summed E-state index contributed by atoms with van der Waals surface area (Å²) in [5.74, 6) is -1.06. The maximum absolute atomic E-state index is 12.6. The van der Waals surface area contributed by atoms with Gasteiger partial charge in [0.2, 0.25) is 5.91 Å². The van der Waals surface area contributed by atoms with Crippen molar-refractivity contribution >= 4 is 11.9 Å². The number of carbonyl (C=O) groups excluding carboxylic acids is 1. The molecule has 1 aromatic rings. The third-order valence-electron chi connectivity index (χ3n) is 5.53. The first kappa shape index (κ1) is 17.9. The number of carbonyl (C=O) groups is 2. The van der Waals surface area contributed by atoms with E-state index in [-0.39, 0.29) is 31.2 Å². The van der Waals surface area contributed by atoms with E-state index >= 15 is 0 Å². The quantitative estimate of drug-likeness (QED) is 0.858. The molecule has 0 aromatic heterocycles. The molecule has 136 valence electrons. The molecule has 0 spiro atoms. The molecule has 2 N–H and O–H groups in total. The summed E-state index contributed by atoms with van der Waals surface area (Å²) in [6, 6.07) is 9.35. The first-order valence-corrected chi connectivity index (χ1v) is 8.85. The number of piperidine rings is 1. The summed E-state index contributed by atoms with van der Waals surface area (Å²) >= 11 is 0. The van der Waals surface area contributed by atoms with Gasteiger partial charge in [0.25, 0.3) is 0 Å². The third-order valence-corrected chi connectivity index (χ3v) is 5.53. The summed E-state index contributed by atoms with van der Waals surface area (Å²) in [7, 11) is 0. The summed E-state index contributed by atoms with van der Waals surface area (Å²) < 4.78 is 5.29. The van der Waals surface area contributed by atoms with E-state index in [0.717, 1.165) is 5.56 Å². The highest BCUT2D eigenvalue weighted by Crippen LogP contribution is 2.36. The average molecular weight is 347 g/mol. The second-order valence-electron chi connectivity index (χ2n) is 7.06. The van der Waals surface area contributed by atoms with Crippen LogP contribution in [0.2, 0.25) is 0 Å². The molecule has 0 unspecified atom stereocenters. The standard InChI is InChI=1S/C19H25NO5/c21-16-13-20(17(22)15-6-10-25-11-7-15)9-8-19(16,18(23)24)12-14-4-2-1-3-5-14/h1-5,15-16,21H,6-13H2,(H,23,24)/t16-,19+/m0/s1. The van der Waals surface area contributed by atoms with Crippen LogP contribution in [0.1, 0.15) is 24.8 Å². The molecule has 2 fully saturated rings. The van der Waals surface area contributed by atoms with Gasteiger partial charge in [-0.2, -0.15) is 0 Å². The topological polar surface area (TPSA) is 87.1 Å². The van der Waals surface area contributed by atoms with Crippen LogP contribution >= 0.6 is 0 Å². The largest absolute Gasteiger partial charge is 0.481 e. The molecule has 25 heavy (non-hydrogen) atoms. The van der Waals surface area contributed by atoms with Crippen LogP contribution in [0.3, 0.4) is 0 Å². The van der Waals surface area contributed by atoms with Crippen LogP contribution < -0.4 is 0 Å². The van der Waals surface area contributed by atoms with Gasteiger partial charge in [0, 0.05) is 32.2 Å². The first-order chi connectivity index (χ1) is 12.0. The Morgan fingerprint density at radius 3 is 2.48 bits per heavy atom. The maximum atomic E-state index is 12.6. The van der Waals surface area contributed by atoms with E-state index in [1.54, 1.807) is 4.90 Å². The normalized spacial score (nSPS) is 27.9. The summed E-state index contributed by atoms with van der Waals surface area (Å²) in [6.07, 6.45) is 0.832. The number of carboxylic acid groups (broad SMARTS) is 1. The van der Waals surface area contributed by atoms with Gasteiger partial charge in [-0.25, -0.2) is 0 Å². The Hall–Kier alpha value is -1.92. The molecule has 2 heterocycles. The molecular formula is C19H25NO5. The highest BCUT2D eigenvalue weighted by molar-refractivity contribution is 5.80. The predicted octanol–water partition coefficient (Wildman–Crippen LogP) is 1.32. The molecule has 1 aromatic carbocycles. The number of likely N-dealkylation sites (tertiary alicyclic amines) is 1. The van der Waals surface area contributed by atoms with Crippen molar-refractivity contribution in [1.82, 2.24) is 4.90 Å². The van der Waals surface area contributed by atoms with E-state index in [0.29, 0.717) is 32.6 Å². The minimum Gasteiger partial charge on any atom is -0.481 e. The van der Waals surface area contributed by atoms with Crippen LogP contribution in [0.5, 0.6) is 0 Å². The molecule has 0 aliphatic carbocycles. The van der Waals surface area contributed by atoms with Crippen molar-refractivity contribution in [1.29, 1.82) is 0 Å². The fourth-order valence-corrected chi connectivity index (χ4v) is 3.87. The van der Waals surface area contributed by atoms with Gasteiger partial charge in [0.1, 0.15) is 5.41 Å². The Morgan fingerprint density at radius 1 is 1.20 bits per heavy atom. The smallest absolute Gasteiger partial charge is 0.312 e. The lowest BCUT2D eigenvalue weighted by molar-refractivity contribution is -0.167. The highest BCUT2D eigenvalue weighted by Gasteiger charge is 2.49. The van der Waals surface area contributed by atoms with Crippen molar-refractivity contribution in [3.05, 3.63) is 35.9 Å². The van der Waals surface area contributed by atoms with Crippen molar-refractivity contribution in [2.45, 2.75) is 31.8 Å². The van der Waals surface area contributed by atoms with E-state index < -0.39 is 17.5 Å². The second-order valence-corrected chi connectivity index (χ2v) is 7.06. The summed E-state index contributed by atoms with van der Waals surface area (Å²) in [5, 5.41) is 20.5. The lowest BCUT2D eigenvalue weighted by atomic mass is 9.71. The number of β-amino-alcohol motifs (C(OH)–C–C–N with tert-alkyl or cyclic N) is 1. The average Bonchev–Trinajstić information content (AvgIpc) is 2.64. The zero-order valence-corrected chi connectivity index (χ0v) is 14.3. The Balaban J connectivity index is 1.71. The molecule has 0 saturated carbocycles. The molecule has 1 amide bonds. The van der Waals surface area contributed by atoms with E-state index in [4.69, 9.17) is 4.74 Å². The van der Waals surface area contributed by atoms with E-state index in [9.17, 15) is 19.8 Å². The number of ether oxygens (including phenoxy) is 1. The minimum atomic E-state index is -1.24. The van der Waals surface area contributed by atoms with Gasteiger partial charge in [0.05, 0.1) is 6.10 Å². The van der Waals surface area contributed by atoms with Crippen LogP contribution in [-0.2, 0) is 20.7 Å². The number of rotatable bonds is 4. The number of benzene rings is 1. The zero-order valence-electron chi connectivity index (χ0n) is 14.3. The van der Waals surface area contributed by atoms with Gasteiger partial charge >= 0.3 is 5.97 Å². The second kappa shape index (κ2) is 7.54. The number of amides is 1. The van der Waals surface area contributed by atoms with Crippen LogP contribution in [0.4, 0.5) is 0 Å². The Labute approximate surface area is 147 Å². The molecular weight excluding hydrogens is 322 g/mol. The van der Waals surface area contributed by atoms with Crippen LogP contribution in [-0.4, -0.2) is 59.4 Å². The van der Waals surface area contributed by atoms with E-state index in [1.807, 2.05) is 30.3 Å². The molecule has 0 bridgehead atoms. The summed E-state index contributed by atoms with van der Waals surface area (Å²) in [6.45, 7) is 1.61. The van der Waals surface area contributed by atoms with Crippen LogP contribution in [0, 0.1) is 11.3 Å². The summed E-state index contributed by atoms with van der Waals surface area (Å²) in [4.78, 5) is 26.3. The van der Waals surface area contributed by atoms with Crippen molar-refractivity contribution in [3.8, 4) is 0 Å². The fraction of sp³-hybridized carbons (Fsp3) is 0.579. The predicted molar refractivity (Wildman–Crippen MR) is 91.0 cm³/mol. The molecule has 2 saturated heterocycles. The molecule has 2 aliphatic rings. The zero-order chi connectivity index (χ0) is 17.9. The molecule has 0 radical (unpaired) electrons. The van der Waals surface area contributed by atoms with Crippen molar-refractivity contribution in [3.63, 3.8) is 0 Å². The highest BCUT2D eigenvalue weighted by atomic mass is 16.5. The van der Waals surface area contributed by atoms with E-state index in [1.165, 1.54) is 0 Å². The molecule has 6 nitrogen and oxygen atoms in total. The Bertz CT molecular complexity index is 614. The molecule has 2 atom stereocenters. The lowest BCUT2D eigenvalue weighted by Crippen LogP contribution is -2.58. The van der Waals surface area contributed by atoms with Crippen LogP contribution in [0.25, 0.3) is 0 Å². The fourth-order valence-electron chi connectivity index (χ4n) is 3.87. The maximum Gasteiger partial charge on any atom is 0.312 e. The summed E-state index contributed by atoms with van der Waals surface area (Å²) in [5.41, 5.74) is -0.360. The van der Waals surface area contributed by atoms with Crippen LogP contribution in [0.15, 0.2) is 30.3 Å². The number of carboxylic acids is 1. The van der Waals surface area contributed by atoms with Crippen molar-refractivity contribution in [2.24, 2.45) is 11.3 Å². The van der Waals surface area contributed by atoms with Gasteiger partial charge in [-0.15, -0.1) is 0 Å². The molecule has 6 heteroatoms. The number of hydrogen-bond donors (Lipinski definition) is 2. The molecule has 2 aliphatic heterocycles. The van der Waals surface area contributed by atoms with Gasteiger partial charge in [-0.3, -0.25) is 9.59 Å². The van der Waals surface area contributed by atoms with Gasteiger partial charge in [-0.05, 0) is 31.2 Å². The van der Waals surface area contributed by atoms with Gasteiger partial charge in [0.15, 0.2) is 0 Å². The number of aliphatic carboxylic acids is 1. The lowest BCUT2D eigenvalue weighted by Gasteiger charge is -2.44. The van der Waals surface area contributed by atoms with Crippen molar-refractivity contribution < 1.29 is 24.5 Å². The Morgan fingerprint density at radius 2 is 1.88 bits per heavy atom. The number of hydrogen-bond acceptors (Lipinski definition) is 4. The first-order valence-electron chi connectivity index (χ1n) is 8.85. The SMILES string of the molecule is O=C(C1CCOCC1)N1CC[C@](Cc2ccccc2)(C(=O)O)[C@@H](O)C1. The van der Waals surface area contributed by atoms with E-state index in [2.05, 4.69) is 0 Å². The number of aliphatic hydroxyl groups is 1. The van der Waals surface area contributed by atoms with Gasteiger partial charge in [-0.1, -0.05) is 30.3 Å². The number of aliphatic hydroxyl groups excluding tert-OH is 1. The minimum absolute atomic E-state index is 0.0149. The number of nitrogens with zero attached hydrogens (tertiary/aromatic N) is 1.